The van der Waals surface area contributed by atoms with E-state index in [4.69, 9.17) is 9.47 Å². The zero-order valence-corrected chi connectivity index (χ0v) is 19.6. The molecule has 0 bridgehead atoms. The van der Waals surface area contributed by atoms with Gasteiger partial charge in [-0.3, -0.25) is 10.1 Å². The Balaban J connectivity index is 1.73. The van der Waals surface area contributed by atoms with Crippen molar-refractivity contribution < 1.29 is 27.5 Å². The Hall–Kier alpha value is -2.95. The first-order valence-corrected chi connectivity index (χ1v) is 12.2. The van der Waals surface area contributed by atoms with Crippen molar-refractivity contribution in [1.29, 1.82) is 0 Å². The second kappa shape index (κ2) is 11.3. The average molecular weight is 476 g/mol. The summed E-state index contributed by atoms with van der Waals surface area (Å²) in [6.07, 6.45) is 2.06. The van der Waals surface area contributed by atoms with Crippen LogP contribution in [0.25, 0.3) is 0 Å². The fourth-order valence-corrected chi connectivity index (χ4v) is 5.05. The van der Waals surface area contributed by atoms with Crippen LogP contribution in [-0.2, 0) is 19.5 Å². The second-order valence-electron chi connectivity index (χ2n) is 7.73. The number of nitrogens with zero attached hydrogens (tertiary/aromatic N) is 1. The van der Waals surface area contributed by atoms with Crippen LogP contribution in [0, 0.1) is 6.92 Å². The maximum Gasteiger partial charge on any atom is 0.411 e. The number of carbonyl (C=O) groups is 2. The van der Waals surface area contributed by atoms with E-state index in [9.17, 15) is 18.0 Å². The standard InChI is InChI=1S/C23H29N3O6S/c1-17-9-10-20(33(29,30)26-11-4-3-5-12-26)16-21(17)22(27)24-18-7-6-8-19(15-18)25-23(28)32-14-13-31-2/h6-10,15-16H,3-5,11-14H2,1-2H3,(H,24,27)(H,25,28). The monoisotopic (exact) mass is 475 g/mol. The van der Waals surface area contributed by atoms with Gasteiger partial charge in [-0.1, -0.05) is 18.6 Å². The fraction of sp³-hybridized carbons (Fsp3) is 0.391. The number of benzene rings is 2. The van der Waals surface area contributed by atoms with Crippen LogP contribution in [0.5, 0.6) is 0 Å². The van der Waals surface area contributed by atoms with Crippen molar-refractivity contribution in [3.63, 3.8) is 0 Å². The molecular weight excluding hydrogens is 446 g/mol. The minimum atomic E-state index is -3.65. The predicted molar refractivity (Wildman–Crippen MR) is 125 cm³/mol. The van der Waals surface area contributed by atoms with Crippen molar-refractivity contribution in [2.45, 2.75) is 31.1 Å². The van der Waals surface area contributed by atoms with Gasteiger partial charge in [0, 0.05) is 37.1 Å². The average Bonchev–Trinajstić information content (AvgIpc) is 2.80. The Labute approximate surface area is 194 Å². The summed E-state index contributed by atoms with van der Waals surface area (Å²) in [6, 6.07) is 11.2. The van der Waals surface area contributed by atoms with Gasteiger partial charge in [-0.25, -0.2) is 13.2 Å². The van der Waals surface area contributed by atoms with Gasteiger partial charge in [0.25, 0.3) is 5.91 Å². The number of hydrogen-bond donors (Lipinski definition) is 2. The lowest BCUT2D eigenvalue weighted by Gasteiger charge is -2.26. The number of anilines is 2. The van der Waals surface area contributed by atoms with Crippen molar-refractivity contribution in [2.24, 2.45) is 0 Å². The van der Waals surface area contributed by atoms with Crippen molar-refractivity contribution >= 4 is 33.4 Å². The number of rotatable bonds is 8. The fourth-order valence-electron chi connectivity index (χ4n) is 3.51. The maximum absolute atomic E-state index is 13.0. The molecule has 0 radical (unpaired) electrons. The van der Waals surface area contributed by atoms with Gasteiger partial charge < -0.3 is 14.8 Å². The Morgan fingerprint density at radius 1 is 0.970 bits per heavy atom. The Morgan fingerprint density at radius 3 is 2.36 bits per heavy atom. The highest BCUT2D eigenvalue weighted by atomic mass is 32.2. The normalized spacial score (nSPS) is 14.5. The molecule has 2 aromatic carbocycles. The van der Waals surface area contributed by atoms with Crippen LogP contribution in [0.15, 0.2) is 47.4 Å². The highest BCUT2D eigenvalue weighted by Crippen LogP contribution is 2.24. The topological polar surface area (TPSA) is 114 Å². The molecule has 1 fully saturated rings. The highest BCUT2D eigenvalue weighted by molar-refractivity contribution is 7.89. The largest absolute Gasteiger partial charge is 0.447 e. The first kappa shape index (κ1) is 24.7. The zero-order valence-electron chi connectivity index (χ0n) is 18.8. The Bertz CT molecular complexity index is 1100. The molecule has 3 rings (SSSR count). The van der Waals surface area contributed by atoms with Crippen molar-refractivity contribution in [3.05, 3.63) is 53.6 Å². The zero-order chi connectivity index (χ0) is 23.8. The van der Waals surface area contributed by atoms with E-state index in [-0.39, 0.29) is 23.7 Å². The first-order chi connectivity index (χ1) is 15.8. The van der Waals surface area contributed by atoms with E-state index < -0.39 is 22.0 Å². The van der Waals surface area contributed by atoms with Gasteiger partial charge in [-0.2, -0.15) is 4.31 Å². The number of amides is 2. The van der Waals surface area contributed by atoms with E-state index in [1.807, 2.05) is 0 Å². The summed E-state index contributed by atoms with van der Waals surface area (Å²) in [4.78, 5) is 24.9. The SMILES string of the molecule is COCCOC(=O)Nc1cccc(NC(=O)c2cc(S(=O)(=O)N3CCCCC3)ccc2C)c1. The molecule has 0 saturated carbocycles. The number of aryl methyl sites for hydroxylation is 1. The van der Waals surface area contributed by atoms with Gasteiger partial charge in [0.05, 0.1) is 11.5 Å². The molecule has 178 valence electrons. The molecule has 10 heteroatoms. The predicted octanol–water partition coefficient (Wildman–Crippen LogP) is 3.62. The molecule has 1 heterocycles. The van der Waals surface area contributed by atoms with Gasteiger partial charge in [-0.05, 0) is 55.7 Å². The molecule has 0 aliphatic carbocycles. The summed E-state index contributed by atoms with van der Waals surface area (Å²) in [5, 5.41) is 5.34. The number of hydrogen-bond acceptors (Lipinski definition) is 6. The lowest BCUT2D eigenvalue weighted by molar-refractivity contribution is 0.102. The number of carbonyl (C=O) groups excluding carboxylic acids is 2. The van der Waals surface area contributed by atoms with Crippen molar-refractivity contribution in [2.75, 3.05) is 44.0 Å². The molecule has 0 atom stereocenters. The number of piperidine rings is 1. The molecule has 0 aromatic heterocycles. The van der Waals surface area contributed by atoms with E-state index >= 15 is 0 Å². The quantitative estimate of drug-likeness (QED) is 0.564. The maximum atomic E-state index is 13.0. The number of methoxy groups -OCH3 is 1. The molecule has 1 aliphatic heterocycles. The summed E-state index contributed by atoms with van der Waals surface area (Å²) in [5.41, 5.74) is 1.80. The van der Waals surface area contributed by atoms with Crippen LogP contribution >= 0.6 is 0 Å². The van der Waals surface area contributed by atoms with E-state index in [2.05, 4.69) is 10.6 Å². The van der Waals surface area contributed by atoms with Crippen LogP contribution in [0.4, 0.5) is 16.2 Å². The van der Waals surface area contributed by atoms with E-state index in [1.54, 1.807) is 37.3 Å². The van der Waals surface area contributed by atoms with Crippen LogP contribution in [0.1, 0.15) is 35.2 Å². The molecule has 2 aromatic rings. The molecule has 1 saturated heterocycles. The first-order valence-electron chi connectivity index (χ1n) is 10.8. The molecular formula is C23H29N3O6S. The summed E-state index contributed by atoms with van der Waals surface area (Å²) in [6.45, 7) is 3.14. The third kappa shape index (κ3) is 6.53. The number of nitrogens with one attached hydrogen (secondary N) is 2. The lowest BCUT2D eigenvalue weighted by atomic mass is 10.1. The molecule has 2 N–H and O–H groups in total. The molecule has 33 heavy (non-hydrogen) atoms. The third-order valence-electron chi connectivity index (χ3n) is 5.29. The van der Waals surface area contributed by atoms with Gasteiger partial charge in [0.2, 0.25) is 10.0 Å². The van der Waals surface area contributed by atoms with Gasteiger partial charge in [0.1, 0.15) is 6.61 Å². The van der Waals surface area contributed by atoms with Crippen LogP contribution in [-0.4, -0.2) is 58.1 Å². The Morgan fingerprint density at radius 2 is 1.67 bits per heavy atom. The smallest absolute Gasteiger partial charge is 0.411 e. The molecule has 1 aliphatic rings. The second-order valence-corrected chi connectivity index (χ2v) is 9.67. The van der Waals surface area contributed by atoms with Crippen molar-refractivity contribution in [3.8, 4) is 0 Å². The summed E-state index contributed by atoms with van der Waals surface area (Å²) in [7, 11) is -2.15. The van der Waals surface area contributed by atoms with Crippen LogP contribution in [0.2, 0.25) is 0 Å². The van der Waals surface area contributed by atoms with Crippen molar-refractivity contribution in [1.82, 2.24) is 4.31 Å². The van der Waals surface area contributed by atoms with E-state index in [1.165, 1.54) is 23.5 Å². The number of ether oxygens (including phenoxy) is 2. The summed E-state index contributed by atoms with van der Waals surface area (Å²) < 4.78 is 37.3. The van der Waals surface area contributed by atoms with Gasteiger partial charge >= 0.3 is 6.09 Å². The lowest BCUT2D eigenvalue weighted by Crippen LogP contribution is -2.35. The van der Waals surface area contributed by atoms with Gasteiger partial charge in [-0.15, -0.1) is 0 Å². The van der Waals surface area contributed by atoms with E-state index in [0.29, 0.717) is 30.0 Å². The molecule has 0 spiro atoms. The molecule has 9 nitrogen and oxygen atoms in total. The number of sulfonamides is 1. The van der Waals surface area contributed by atoms with E-state index in [0.717, 1.165) is 19.3 Å². The third-order valence-corrected chi connectivity index (χ3v) is 7.19. The molecule has 2 amide bonds. The Kier molecular flexibility index (Phi) is 8.43. The van der Waals surface area contributed by atoms with Crippen LogP contribution in [0.3, 0.4) is 0 Å². The highest BCUT2D eigenvalue weighted by Gasteiger charge is 2.27. The summed E-state index contributed by atoms with van der Waals surface area (Å²) in [5.74, 6) is -0.442. The summed E-state index contributed by atoms with van der Waals surface area (Å²) >= 11 is 0. The van der Waals surface area contributed by atoms with Crippen LogP contribution < -0.4 is 10.6 Å². The van der Waals surface area contributed by atoms with Gasteiger partial charge in [0.15, 0.2) is 0 Å². The minimum Gasteiger partial charge on any atom is -0.447 e. The molecule has 0 unspecified atom stereocenters. The minimum absolute atomic E-state index is 0.106.